The number of amides is 2. The molecule has 3 rings (SSSR count). The summed E-state index contributed by atoms with van der Waals surface area (Å²) in [5, 5.41) is 2.85. The fourth-order valence-electron chi connectivity index (χ4n) is 3.19. The van der Waals surface area contributed by atoms with Gasteiger partial charge in [-0.3, -0.25) is 9.59 Å². The van der Waals surface area contributed by atoms with Crippen LogP contribution in [0.15, 0.2) is 42.5 Å². The summed E-state index contributed by atoms with van der Waals surface area (Å²) in [5.41, 5.74) is 0.846. The second kappa shape index (κ2) is 5.72. The van der Waals surface area contributed by atoms with E-state index in [9.17, 15) is 9.59 Å². The van der Waals surface area contributed by atoms with E-state index < -0.39 is 12.1 Å². The fraction of sp³-hybridized carbons (Fsp3) is 0.412. The minimum atomic E-state index is -0.555. The Balaban J connectivity index is 1.89. The van der Waals surface area contributed by atoms with E-state index in [1.54, 1.807) is 4.90 Å². The zero-order valence-electron chi connectivity index (χ0n) is 12.2. The van der Waals surface area contributed by atoms with Gasteiger partial charge in [0.25, 0.3) is 5.91 Å². The third kappa shape index (κ3) is 2.58. The molecule has 0 spiro atoms. The first-order chi connectivity index (χ1) is 10.2. The highest BCUT2D eigenvalue weighted by atomic mass is 16.2. The Hall–Kier alpha value is -2.10. The number of rotatable bonds is 2. The lowest BCUT2D eigenvalue weighted by Crippen LogP contribution is -2.61. The molecule has 4 heteroatoms. The van der Waals surface area contributed by atoms with Crippen LogP contribution < -0.4 is 5.32 Å². The van der Waals surface area contributed by atoms with Gasteiger partial charge in [0.05, 0.1) is 0 Å². The number of nitrogens with zero attached hydrogens (tertiary/aromatic N) is 1. The Morgan fingerprint density at radius 2 is 1.90 bits per heavy atom. The maximum Gasteiger partial charge on any atom is 0.250 e. The van der Waals surface area contributed by atoms with Gasteiger partial charge in [0, 0.05) is 6.04 Å². The molecule has 3 unspecified atom stereocenters. The SMILES string of the molecule is CC1C(=O)NC(c2ccccc2)C(=O)N1C1CC=CCC1. The van der Waals surface area contributed by atoms with Gasteiger partial charge in [0.15, 0.2) is 0 Å². The van der Waals surface area contributed by atoms with Crippen molar-refractivity contribution in [3.63, 3.8) is 0 Å². The van der Waals surface area contributed by atoms with Crippen LogP contribution in [0.3, 0.4) is 0 Å². The van der Waals surface area contributed by atoms with Crippen LogP contribution in [0.1, 0.15) is 37.8 Å². The van der Waals surface area contributed by atoms with E-state index >= 15 is 0 Å². The molecule has 2 amide bonds. The summed E-state index contributed by atoms with van der Waals surface area (Å²) in [4.78, 5) is 26.9. The Bertz CT molecular complexity index is 567. The Kier molecular flexibility index (Phi) is 3.78. The van der Waals surface area contributed by atoms with Crippen molar-refractivity contribution in [2.75, 3.05) is 0 Å². The molecule has 1 fully saturated rings. The maximum atomic E-state index is 12.9. The van der Waals surface area contributed by atoms with E-state index in [2.05, 4.69) is 17.5 Å². The lowest BCUT2D eigenvalue weighted by molar-refractivity contribution is -0.151. The number of carbonyl (C=O) groups is 2. The average molecular weight is 284 g/mol. The highest BCUT2D eigenvalue weighted by Gasteiger charge is 2.41. The van der Waals surface area contributed by atoms with Crippen LogP contribution in [0, 0.1) is 0 Å². The van der Waals surface area contributed by atoms with Crippen LogP contribution in [0.5, 0.6) is 0 Å². The van der Waals surface area contributed by atoms with E-state index in [-0.39, 0.29) is 17.9 Å². The highest BCUT2D eigenvalue weighted by molar-refractivity contribution is 5.97. The number of nitrogens with one attached hydrogen (secondary N) is 1. The van der Waals surface area contributed by atoms with Gasteiger partial charge in [-0.25, -0.2) is 0 Å². The maximum absolute atomic E-state index is 12.9. The third-order valence-electron chi connectivity index (χ3n) is 4.35. The number of hydrogen-bond acceptors (Lipinski definition) is 2. The van der Waals surface area contributed by atoms with Crippen LogP contribution >= 0.6 is 0 Å². The molecule has 4 nitrogen and oxygen atoms in total. The Morgan fingerprint density at radius 3 is 2.57 bits per heavy atom. The van der Waals surface area contributed by atoms with Crippen molar-refractivity contribution in [3.05, 3.63) is 48.0 Å². The molecule has 110 valence electrons. The van der Waals surface area contributed by atoms with E-state index in [1.807, 2.05) is 37.3 Å². The minimum absolute atomic E-state index is 0.00796. The van der Waals surface area contributed by atoms with Crippen molar-refractivity contribution in [3.8, 4) is 0 Å². The molecular formula is C17H20N2O2. The topological polar surface area (TPSA) is 49.4 Å². The molecule has 0 bridgehead atoms. The van der Waals surface area contributed by atoms with Crippen LogP contribution in [-0.2, 0) is 9.59 Å². The number of benzene rings is 1. The van der Waals surface area contributed by atoms with Gasteiger partial charge >= 0.3 is 0 Å². The molecule has 1 aromatic rings. The summed E-state index contributed by atoms with van der Waals surface area (Å²) < 4.78 is 0. The first kappa shape index (κ1) is 13.9. The smallest absolute Gasteiger partial charge is 0.250 e. The summed E-state index contributed by atoms with van der Waals surface area (Å²) in [6.45, 7) is 1.81. The van der Waals surface area contributed by atoms with Crippen LogP contribution in [0.2, 0.25) is 0 Å². The predicted octanol–water partition coefficient (Wildman–Crippen LogP) is 2.18. The van der Waals surface area contributed by atoms with E-state index in [4.69, 9.17) is 0 Å². The van der Waals surface area contributed by atoms with Gasteiger partial charge in [-0.1, -0.05) is 42.5 Å². The van der Waals surface area contributed by atoms with Crippen LogP contribution in [0.25, 0.3) is 0 Å². The normalized spacial score (nSPS) is 29.4. The van der Waals surface area contributed by atoms with E-state index in [0.717, 1.165) is 24.8 Å². The van der Waals surface area contributed by atoms with Crippen molar-refractivity contribution in [1.29, 1.82) is 0 Å². The molecule has 21 heavy (non-hydrogen) atoms. The molecule has 1 heterocycles. The number of allylic oxidation sites excluding steroid dienone is 1. The van der Waals surface area contributed by atoms with Gasteiger partial charge < -0.3 is 10.2 Å². The molecule has 3 atom stereocenters. The van der Waals surface area contributed by atoms with Crippen molar-refractivity contribution in [2.45, 2.75) is 44.3 Å². The molecule has 1 N–H and O–H groups in total. The monoisotopic (exact) mass is 284 g/mol. The summed E-state index contributed by atoms with van der Waals surface area (Å²) in [5.74, 6) is -0.0633. The van der Waals surface area contributed by atoms with Crippen molar-refractivity contribution >= 4 is 11.8 Å². The summed E-state index contributed by atoms with van der Waals surface area (Å²) in [6, 6.07) is 8.64. The summed E-state index contributed by atoms with van der Waals surface area (Å²) in [6.07, 6.45) is 6.99. The standard InChI is InChI=1S/C17H20N2O2/c1-12-16(20)18-15(13-8-4-2-5-9-13)17(21)19(12)14-10-6-3-7-11-14/h2-6,8-9,12,14-15H,7,10-11H2,1H3,(H,18,20). The van der Waals surface area contributed by atoms with E-state index in [1.165, 1.54) is 0 Å². The predicted molar refractivity (Wildman–Crippen MR) is 80.4 cm³/mol. The van der Waals surface area contributed by atoms with Gasteiger partial charge in [-0.15, -0.1) is 0 Å². The number of carbonyl (C=O) groups excluding carboxylic acids is 2. The van der Waals surface area contributed by atoms with Gasteiger partial charge in [0.2, 0.25) is 5.91 Å². The zero-order chi connectivity index (χ0) is 14.8. The van der Waals surface area contributed by atoms with Crippen molar-refractivity contribution in [1.82, 2.24) is 10.2 Å². The molecule has 0 aromatic heterocycles. The molecule has 1 aliphatic carbocycles. The minimum Gasteiger partial charge on any atom is -0.339 e. The molecule has 0 saturated carbocycles. The van der Waals surface area contributed by atoms with E-state index in [0.29, 0.717) is 0 Å². The molecular weight excluding hydrogens is 264 g/mol. The van der Waals surface area contributed by atoms with Gasteiger partial charge in [-0.2, -0.15) is 0 Å². The van der Waals surface area contributed by atoms with Crippen LogP contribution in [0.4, 0.5) is 0 Å². The Labute approximate surface area is 124 Å². The first-order valence-corrected chi connectivity index (χ1v) is 7.51. The first-order valence-electron chi connectivity index (χ1n) is 7.51. The van der Waals surface area contributed by atoms with Crippen molar-refractivity contribution < 1.29 is 9.59 Å². The molecule has 1 aromatic carbocycles. The van der Waals surface area contributed by atoms with Gasteiger partial charge in [0.1, 0.15) is 12.1 Å². The van der Waals surface area contributed by atoms with Crippen LogP contribution in [-0.4, -0.2) is 28.8 Å². The highest BCUT2D eigenvalue weighted by Crippen LogP contribution is 2.28. The second-order valence-corrected chi connectivity index (χ2v) is 5.71. The molecule has 0 radical (unpaired) electrons. The number of piperazine rings is 1. The van der Waals surface area contributed by atoms with Gasteiger partial charge in [-0.05, 0) is 31.7 Å². The van der Waals surface area contributed by atoms with Crippen molar-refractivity contribution in [2.24, 2.45) is 0 Å². The number of hydrogen-bond donors (Lipinski definition) is 1. The quantitative estimate of drug-likeness (QED) is 0.846. The lowest BCUT2D eigenvalue weighted by Gasteiger charge is -2.42. The molecule has 1 aliphatic heterocycles. The Morgan fingerprint density at radius 1 is 1.14 bits per heavy atom. The lowest BCUT2D eigenvalue weighted by atomic mass is 9.94. The third-order valence-corrected chi connectivity index (χ3v) is 4.35. The molecule has 1 saturated heterocycles. The average Bonchev–Trinajstić information content (AvgIpc) is 2.53. The molecule has 2 aliphatic rings. The largest absolute Gasteiger partial charge is 0.339 e. The summed E-state index contributed by atoms with van der Waals surface area (Å²) in [7, 11) is 0. The fourth-order valence-corrected chi connectivity index (χ4v) is 3.19. The second-order valence-electron chi connectivity index (χ2n) is 5.71. The summed E-state index contributed by atoms with van der Waals surface area (Å²) >= 11 is 0. The zero-order valence-corrected chi connectivity index (χ0v) is 12.2.